The minimum atomic E-state index is -0.243. The summed E-state index contributed by atoms with van der Waals surface area (Å²) in [6.07, 6.45) is 2.08. The Hall–Kier alpha value is -2.55. The molecule has 2 amide bonds. The summed E-state index contributed by atoms with van der Waals surface area (Å²) in [5.74, 6) is 0.280. The minimum Gasteiger partial charge on any atom is -0.486 e. The summed E-state index contributed by atoms with van der Waals surface area (Å²) in [4.78, 5) is 31.7. The van der Waals surface area contributed by atoms with Crippen LogP contribution < -0.4 is 10.1 Å². The summed E-state index contributed by atoms with van der Waals surface area (Å²) >= 11 is 8.85. The summed E-state index contributed by atoms with van der Waals surface area (Å²) in [7, 11) is 1.61. The molecule has 1 heterocycles. The number of anilines is 1. The molecule has 3 rings (SSSR count). The van der Waals surface area contributed by atoms with E-state index < -0.39 is 0 Å². The van der Waals surface area contributed by atoms with E-state index in [0.717, 1.165) is 15.6 Å². The second-order valence-corrected chi connectivity index (χ2v) is 8.88. The smallest absolute Gasteiger partial charge is 0.244 e. The van der Waals surface area contributed by atoms with Gasteiger partial charge in [-0.05, 0) is 42.7 Å². The molecule has 9 heteroatoms. The van der Waals surface area contributed by atoms with Crippen molar-refractivity contribution in [1.29, 1.82) is 0 Å². The van der Waals surface area contributed by atoms with Crippen LogP contribution in [0, 0.1) is 0 Å². The van der Waals surface area contributed by atoms with E-state index in [0.29, 0.717) is 23.1 Å². The van der Waals surface area contributed by atoms with Gasteiger partial charge in [0.25, 0.3) is 0 Å². The number of ether oxygens (including phenoxy) is 1. The SMILES string of the molecule is CSc1ccccc1NC(=O)CN(C)C(=O)Cc1csc(COc2ccc(Cl)cc2)n1. The van der Waals surface area contributed by atoms with Crippen LogP contribution in [0.15, 0.2) is 58.8 Å². The van der Waals surface area contributed by atoms with E-state index in [9.17, 15) is 9.59 Å². The molecular formula is C22H22ClN3O3S2. The Morgan fingerprint density at radius 2 is 1.94 bits per heavy atom. The highest BCUT2D eigenvalue weighted by Gasteiger charge is 2.16. The average Bonchev–Trinajstić information content (AvgIpc) is 3.21. The number of para-hydroxylation sites is 1. The summed E-state index contributed by atoms with van der Waals surface area (Å²) < 4.78 is 5.68. The number of amides is 2. The van der Waals surface area contributed by atoms with E-state index in [-0.39, 0.29) is 24.8 Å². The van der Waals surface area contributed by atoms with Gasteiger partial charge in [-0.25, -0.2) is 4.98 Å². The molecule has 1 aromatic heterocycles. The van der Waals surface area contributed by atoms with Gasteiger partial charge in [0, 0.05) is 22.3 Å². The first kappa shape index (κ1) is 23.1. The fourth-order valence-corrected chi connectivity index (χ4v) is 4.09. The van der Waals surface area contributed by atoms with Crippen LogP contribution in [0.3, 0.4) is 0 Å². The van der Waals surface area contributed by atoms with Crippen LogP contribution in [0.5, 0.6) is 5.75 Å². The zero-order valence-electron chi connectivity index (χ0n) is 17.1. The number of nitrogens with one attached hydrogen (secondary N) is 1. The molecule has 2 aromatic carbocycles. The summed E-state index contributed by atoms with van der Waals surface area (Å²) in [5.41, 5.74) is 1.40. The normalized spacial score (nSPS) is 10.5. The van der Waals surface area contributed by atoms with Gasteiger partial charge in [-0.15, -0.1) is 23.1 Å². The molecule has 0 saturated carbocycles. The third-order valence-electron chi connectivity index (χ3n) is 4.30. The van der Waals surface area contributed by atoms with Crippen molar-refractivity contribution in [3.8, 4) is 5.75 Å². The number of rotatable bonds is 9. The molecule has 162 valence electrons. The lowest BCUT2D eigenvalue weighted by molar-refractivity contribution is -0.132. The van der Waals surface area contributed by atoms with Crippen molar-refractivity contribution in [2.75, 3.05) is 25.2 Å². The van der Waals surface area contributed by atoms with Crippen LogP contribution in [0.1, 0.15) is 10.7 Å². The predicted octanol–water partition coefficient (Wildman–Crippen LogP) is 4.74. The highest BCUT2D eigenvalue weighted by atomic mass is 35.5. The van der Waals surface area contributed by atoms with Crippen molar-refractivity contribution < 1.29 is 14.3 Å². The van der Waals surface area contributed by atoms with Crippen LogP contribution in [-0.4, -0.2) is 41.5 Å². The fraction of sp³-hybridized carbons (Fsp3) is 0.227. The number of hydrogen-bond acceptors (Lipinski definition) is 6. The van der Waals surface area contributed by atoms with E-state index in [1.54, 1.807) is 43.1 Å². The first-order valence-electron chi connectivity index (χ1n) is 9.43. The van der Waals surface area contributed by atoms with Gasteiger partial charge in [-0.1, -0.05) is 23.7 Å². The van der Waals surface area contributed by atoms with Gasteiger partial charge < -0.3 is 15.0 Å². The maximum atomic E-state index is 12.5. The predicted molar refractivity (Wildman–Crippen MR) is 126 cm³/mol. The largest absolute Gasteiger partial charge is 0.486 e. The molecule has 0 bridgehead atoms. The van der Waals surface area contributed by atoms with E-state index in [4.69, 9.17) is 16.3 Å². The Morgan fingerprint density at radius 1 is 1.19 bits per heavy atom. The number of likely N-dealkylation sites (N-methyl/N-ethyl adjacent to an activating group) is 1. The average molecular weight is 476 g/mol. The van der Waals surface area contributed by atoms with Gasteiger partial charge in [0.1, 0.15) is 17.4 Å². The molecule has 0 aliphatic carbocycles. The van der Waals surface area contributed by atoms with Crippen molar-refractivity contribution in [1.82, 2.24) is 9.88 Å². The van der Waals surface area contributed by atoms with Crippen molar-refractivity contribution in [2.45, 2.75) is 17.9 Å². The Kier molecular flexibility index (Phi) is 8.34. The van der Waals surface area contributed by atoms with Crippen molar-refractivity contribution >= 4 is 52.2 Å². The molecule has 0 aliphatic rings. The van der Waals surface area contributed by atoms with E-state index in [1.807, 2.05) is 35.9 Å². The van der Waals surface area contributed by atoms with Crippen LogP contribution in [-0.2, 0) is 22.6 Å². The lowest BCUT2D eigenvalue weighted by Crippen LogP contribution is -2.36. The first-order valence-corrected chi connectivity index (χ1v) is 11.9. The van der Waals surface area contributed by atoms with Gasteiger partial charge in [0.05, 0.1) is 24.3 Å². The zero-order chi connectivity index (χ0) is 22.2. The van der Waals surface area contributed by atoms with Gasteiger partial charge in [-0.2, -0.15) is 0 Å². The Balaban J connectivity index is 1.48. The van der Waals surface area contributed by atoms with Crippen LogP contribution in [0.2, 0.25) is 5.02 Å². The maximum Gasteiger partial charge on any atom is 0.244 e. The van der Waals surface area contributed by atoms with Crippen LogP contribution in [0.25, 0.3) is 0 Å². The van der Waals surface area contributed by atoms with Crippen LogP contribution >= 0.6 is 34.7 Å². The molecular weight excluding hydrogens is 454 g/mol. The third-order valence-corrected chi connectivity index (χ3v) is 6.21. The molecule has 0 aliphatic heterocycles. The molecule has 0 saturated heterocycles. The molecule has 31 heavy (non-hydrogen) atoms. The van der Waals surface area contributed by atoms with Crippen molar-refractivity contribution in [2.24, 2.45) is 0 Å². The molecule has 0 fully saturated rings. The molecule has 0 unspecified atom stereocenters. The summed E-state index contributed by atoms with van der Waals surface area (Å²) in [6, 6.07) is 14.7. The highest BCUT2D eigenvalue weighted by molar-refractivity contribution is 7.98. The van der Waals surface area contributed by atoms with Crippen molar-refractivity contribution in [3.63, 3.8) is 0 Å². The van der Waals surface area contributed by atoms with Crippen LogP contribution in [0.4, 0.5) is 5.69 Å². The Labute approximate surface area is 194 Å². The molecule has 3 aromatic rings. The highest BCUT2D eigenvalue weighted by Crippen LogP contribution is 2.24. The van der Waals surface area contributed by atoms with E-state index >= 15 is 0 Å². The molecule has 1 N–H and O–H groups in total. The number of benzene rings is 2. The monoisotopic (exact) mass is 475 g/mol. The van der Waals surface area contributed by atoms with Gasteiger partial charge >= 0.3 is 0 Å². The fourth-order valence-electron chi connectivity index (χ4n) is 2.70. The number of carbonyl (C=O) groups excluding carboxylic acids is 2. The second-order valence-electron chi connectivity index (χ2n) is 6.65. The lowest BCUT2D eigenvalue weighted by atomic mass is 10.3. The number of halogens is 1. The number of hydrogen-bond donors (Lipinski definition) is 1. The first-order chi connectivity index (χ1) is 14.9. The third kappa shape index (κ3) is 6.99. The lowest BCUT2D eigenvalue weighted by Gasteiger charge is -2.17. The molecule has 0 radical (unpaired) electrons. The topological polar surface area (TPSA) is 71.5 Å². The quantitative estimate of drug-likeness (QED) is 0.453. The van der Waals surface area contributed by atoms with Crippen molar-refractivity contribution in [3.05, 3.63) is 69.6 Å². The summed E-state index contributed by atoms with van der Waals surface area (Å²) in [5, 5.41) is 6.11. The van der Waals surface area contributed by atoms with Gasteiger partial charge in [-0.3, -0.25) is 9.59 Å². The Morgan fingerprint density at radius 3 is 2.68 bits per heavy atom. The summed E-state index contributed by atoms with van der Waals surface area (Å²) in [6.45, 7) is 0.284. The molecule has 0 atom stereocenters. The number of nitrogens with zero attached hydrogens (tertiary/aromatic N) is 2. The number of thiazole rings is 1. The molecule has 0 spiro atoms. The standard InChI is InChI=1S/C22H22ClN3O3S2/c1-26(12-20(27)25-18-5-3-4-6-19(18)30-2)22(28)11-16-14-31-21(24-16)13-29-17-9-7-15(23)8-10-17/h3-10,14H,11-13H2,1-2H3,(H,25,27). The Bertz CT molecular complexity index is 1040. The van der Waals surface area contributed by atoms with E-state index in [2.05, 4.69) is 10.3 Å². The maximum absolute atomic E-state index is 12.5. The minimum absolute atomic E-state index is 0.0295. The number of thioether (sulfide) groups is 1. The second kappa shape index (κ2) is 11.2. The molecule has 6 nitrogen and oxygen atoms in total. The van der Waals surface area contributed by atoms with Gasteiger partial charge in [0.15, 0.2) is 0 Å². The number of carbonyl (C=O) groups is 2. The number of aromatic nitrogens is 1. The van der Waals surface area contributed by atoms with E-state index in [1.165, 1.54) is 16.2 Å². The van der Waals surface area contributed by atoms with Gasteiger partial charge in [0.2, 0.25) is 11.8 Å². The zero-order valence-corrected chi connectivity index (χ0v) is 19.5.